The molecule has 4 nitrogen and oxygen atoms in total. The molecule has 1 N–H and O–H groups in total. The summed E-state index contributed by atoms with van der Waals surface area (Å²) in [5.74, 6) is 1.05. The van der Waals surface area contributed by atoms with E-state index in [1.54, 1.807) is 0 Å². The van der Waals surface area contributed by atoms with Crippen LogP contribution in [0.4, 0.5) is 5.82 Å². The molecule has 114 valence electrons. The van der Waals surface area contributed by atoms with Gasteiger partial charge < -0.3 is 10.2 Å². The highest BCUT2D eigenvalue weighted by Gasteiger charge is 2.17. The van der Waals surface area contributed by atoms with Gasteiger partial charge in [0.1, 0.15) is 5.82 Å². The Bertz CT molecular complexity index is 393. The van der Waals surface area contributed by atoms with Crippen LogP contribution in [0.2, 0.25) is 0 Å². The molecule has 1 saturated heterocycles. The molecule has 0 unspecified atom stereocenters. The zero-order valence-electron chi connectivity index (χ0n) is 13.0. The van der Waals surface area contributed by atoms with Gasteiger partial charge in [-0.1, -0.05) is 6.07 Å². The number of hydrogen-bond acceptors (Lipinski definition) is 4. The van der Waals surface area contributed by atoms with Crippen molar-refractivity contribution in [2.45, 2.75) is 39.4 Å². The number of nitrogens with zero attached hydrogens (tertiary/aromatic N) is 3. The van der Waals surface area contributed by atoms with Crippen molar-refractivity contribution >= 4 is 18.2 Å². The Morgan fingerprint density at radius 2 is 2.20 bits per heavy atom. The lowest BCUT2D eigenvalue weighted by atomic mass is 10.2. The molecule has 2 heterocycles. The molecule has 2 rings (SSSR count). The van der Waals surface area contributed by atoms with Crippen molar-refractivity contribution in [3.05, 3.63) is 23.9 Å². The second-order valence-corrected chi connectivity index (χ2v) is 5.75. The van der Waals surface area contributed by atoms with E-state index in [4.69, 9.17) is 0 Å². The van der Waals surface area contributed by atoms with Gasteiger partial charge in [0, 0.05) is 51.5 Å². The Morgan fingerprint density at radius 3 is 2.75 bits per heavy atom. The van der Waals surface area contributed by atoms with E-state index in [0.717, 1.165) is 32.0 Å². The number of anilines is 1. The Kier molecular flexibility index (Phi) is 6.72. The quantitative estimate of drug-likeness (QED) is 0.923. The summed E-state index contributed by atoms with van der Waals surface area (Å²) in [6, 6.07) is 5.41. The van der Waals surface area contributed by atoms with Gasteiger partial charge in [-0.05, 0) is 32.4 Å². The van der Waals surface area contributed by atoms with E-state index >= 15 is 0 Å². The molecule has 1 fully saturated rings. The number of halogens is 1. The van der Waals surface area contributed by atoms with Crippen LogP contribution >= 0.6 is 12.4 Å². The maximum atomic E-state index is 4.57. The lowest BCUT2D eigenvalue weighted by molar-refractivity contribution is 0.165. The van der Waals surface area contributed by atoms with Crippen LogP contribution < -0.4 is 10.2 Å². The molecule has 20 heavy (non-hydrogen) atoms. The summed E-state index contributed by atoms with van der Waals surface area (Å²) in [5.41, 5.74) is 1.30. The number of hydrogen-bond donors (Lipinski definition) is 1. The molecule has 1 atom stereocenters. The van der Waals surface area contributed by atoms with Crippen LogP contribution in [0.1, 0.15) is 26.3 Å². The molecule has 0 saturated carbocycles. The average molecular weight is 299 g/mol. The largest absolute Gasteiger partial charge is 0.357 e. The van der Waals surface area contributed by atoms with Gasteiger partial charge >= 0.3 is 0 Å². The Morgan fingerprint density at radius 1 is 1.45 bits per heavy atom. The highest BCUT2D eigenvalue weighted by atomic mass is 35.5. The highest BCUT2D eigenvalue weighted by molar-refractivity contribution is 5.85. The molecule has 0 spiro atoms. The van der Waals surface area contributed by atoms with Crippen LogP contribution in [0.3, 0.4) is 0 Å². The first kappa shape index (κ1) is 17.2. The van der Waals surface area contributed by atoms with E-state index in [0.29, 0.717) is 12.1 Å². The summed E-state index contributed by atoms with van der Waals surface area (Å²) in [6.45, 7) is 10.9. The average Bonchev–Trinajstić information content (AvgIpc) is 2.41. The summed E-state index contributed by atoms with van der Waals surface area (Å²) in [7, 11) is 2.09. The zero-order valence-corrected chi connectivity index (χ0v) is 13.8. The second kappa shape index (κ2) is 7.81. The third-order valence-electron chi connectivity index (χ3n) is 3.97. The van der Waals surface area contributed by atoms with Crippen LogP contribution in [0.5, 0.6) is 0 Å². The van der Waals surface area contributed by atoms with Gasteiger partial charge in [-0.25, -0.2) is 4.98 Å². The van der Waals surface area contributed by atoms with E-state index in [9.17, 15) is 0 Å². The van der Waals surface area contributed by atoms with Crippen molar-refractivity contribution < 1.29 is 0 Å². The Hall–Kier alpha value is -0.840. The van der Waals surface area contributed by atoms with Crippen molar-refractivity contribution in [3.63, 3.8) is 0 Å². The topological polar surface area (TPSA) is 31.4 Å². The van der Waals surface area contributed by atoms with Gasteiger partial charge in [0.05, 0.1) is 0 Å². The minimum absolute atomic E-state index is 0. The minimum Gasteiger partial charge on any atom is -0.357 e. The summed E-state index contributed by atoms with van der Waals surface area (Å²) in [6.07, 6.45) is 2.02. The van der Waals surface area contributed by atoms with E-state index in [1.807, 2.05) is 6.20 Å². The molecule has 5 heteroatoms. The lowest BCUT2D eigenvalue weighted by Crippen LogP contribution is -2.49. The monoisotopic (exact) mass is 298 g/mol. The third-order valence-corrected chi connectivity index (χ3v) is 3.97. The SMILES string of the molecule is CC(C)N(C)c1ccc(CN2CCNC[C@H]2C)cn1.Cl. The van der Waals surface area contributed by atoms with Crippen LogP contribution in [-0.2, 0) is 6.54 Å². The molecule has 0 radical (unpaired) electrons. The number of rotatable bonds is 4. The molecule has 0 bridgehead atoms. The molecular weight excluding hydrogens is 272 g/mol. The van der Waals surface area contributed by atoms with Crippen LogP contribution in [0.25, 0.3) is 0 Å². The smallest absolute Gasteiger partial charge is 0.128 e. The Labute approximate surface area is 129 Å². The number of piperazine rings is 1. The number of nitrogens with one attached hydrogen (secondary N) is 1. The van der Waals surface area contributed by atoms with Crippen molar-refractivity contribution in [1.29, 1.82) is 0 Å². The highest BCUT2D eigenvalue weighted by Crippen LogP contribution is 2.14. The molecule has 1 aromatic heterocycles. The lowest BCUT2D eigenvalue weighted by Gasteiger charge is -2.33. The van der Waals surface area contributed by atoms with Crippen molar-refractivity contribution in [2.75, 3.05) is 31.6 Å². The fourth-order valence-electron chi connectivity index (χ4n) is 2.34. The molecule has 1 aliphatic rings. The van der Waals surface area contributed by atoms with Crippen molar-refractivity contribution in [2.24, 2.45) is 0 Å². The van der Waals surface area contributed by atoms with Crippen molar-refractivity contribution in [3.8, 4) is 0 Å². The molecule has 1 aliphatic heterocycles. The Balaban J connectivity index is 0.00000200. The predicted molar refractivity (Wildman–Crippen MR) is 87.8 cm³/mol. The number of aromatic nitrogens is 1. The maximum Gasteiger partial charge on any atom is 0.128 e. The van der Waals surface area contributed by atoms with Crippen LogP contribution in [0.15, 0.2) is 18.3 Å². The van der Waals surface area contributed by atoms with Gasteiger partial charge in [-0.2, -0.15) is 0 Å². The first-order valence-electron chi connectivity index (χ1n) is 7.20. The van der Waals surface area contributed by atoms with Crippen LogP contribution in [-0.4, -0.2) is 48.6 Å². The standard InChI is InChI=1S/C15H26N4.ClH/c1-12(2)18(4)15-6-5-14(10-17-15)11-19-8-7-16-9-13(19)3;/h5-6,10,12-13,16H,7-9,11H2,1-4H3;1H/t13-;/m1./s1. The maximum absolute atomic E-state index is 4.57. The second-order valence-electron chi connectivity index (χ2n) is 5.75. The first-order chi connectivity index (χ1) is 9.08. The molecule has 0 amide bonds. The molecule has 0 aliphatic carbocycles. The zero-order chi connectivity index (χ0) is 13.8. The summed E-state index contributed by atoms with van der Waals surface area (Å²) < 4.78 is 0. The molecule has 0 aromatic carbocycles. The van der Waals surface area contributed by atoms with Crippen molar-refractivity contribution in [1.82, 2.24) is 15.2 Å². The van der Waals surface area contributed by atoms with Gasteiger partial charge in [-0.3, -0.25) is 4.90 Å². The summed E-state index contributed by atoms with van der Waals surface area (Å²) >= 11 is 0. The molecular formula is C15H27ClN4. The van der Waals surface area contributed by atoms with E-state index in [2.05, 4.69) is 60.1 Å². The fraction of sp³-hybridized carbons (Fsp3) is 0.667. The van der Waals surface area contributed by atoms with Gasteiger partial charge in [0.2, 0.25) is 0 Å². The van der Waals surface area contributed by atoms with E-state index < -0.39 is 0 Å². The predicted octanol–water partition coefficient (Wildman–Crippen LogP) is 2.14. The van der Waals surface area contributed by atoms with Gasteiger partial charge in [0.15, 0.2) is 0 Å². The first-order valence-corrected chi connectivity index (χ1v) is 7.20. The van der Waals surface area contributed by atoms with E-state index in [1.165, 1.54) is 5.56 Å². The number of pyridine rings is 1. The molecule has 1 aromatic rings. The summed E-state index contributed by atoms with van der Waals surface area (Å²) in [5, 5.41) is 3.42. The third kappa shape index (κ3) is 4.33. The van der Waals surface area contributed by atoms with E-state index in [-0.39, 0.29) is 12.4 Å². The normalized spacial score (nSPS) is 19.8. The minimum atomic E-state index is 0. The van der Waals surface area contributed by atoms with Gasteiger partial charge in [-0.15, -0.1) is 12.4 Å². The fourth-order valence-corrected chi connectivity index (χ4v) is 2.34. The van der Waals surface area contributed by atoms with Crippen LogP contribution in [0, 0.1) is 0 Å². The summed E-state index contributed by atoms with van der Waals surface area (Å²) in [4.78, 5) is 9.28. The van der Waals surface area contributed by atoms with Gasteiger partial charge in [0.25, 0.3) is 0 Å².